The summed E-state index contributed by atoms with van der Waals surface area (Å²) in [6.45, 7) is 9.40. The number of hydrogen-bond donors (Lipinski definition) is 0. The summed E-state index contributed by atoms with van der Waals surface area (Å²) in [7, 11) is 3.93. The normalized spacial score (nSPS) is 12.3. The Balaban J connectivity index is 3.97. The van der Waals surface area contributed by atoms with Gasteiger partial charge in [0.15, 0.2) is 0 Å². The number of ether oxygens (including phenoxy) is 1. The zero-order valence-corrected chi connectivity index (χ0v) is 11.0. The fourth-order valence-corrected chi connectivity index (χ4v) is 1.62. The number of carbonyl (C=O) groups is 1. The quantitative estimate of drug-likeness (QED) is 0.636. The van der Waals surface area contributed by atoms with Gasteiger partial charge in [-0.2, -0.15) is 0 Å². The molecule has 0 aliphatic heterocycles. The third kappa shape index (κ3) is 6.50. The zero-order valence-electron chi connectivity index (χ0n) is 11.0. The summed E-state index contributed by atoms with van der Waals surface area (Å²) < 4.78 is 5.24. The van der Waals surface area contributed by atoms with Crippen LogP contribution in [0.15, 0.2) is 0 Å². The number of likely N-dealkylation sites (N-methyl/N-ethyl adjacent to an activating group) is 1. The van der Waals surface area contributed by atoms with Gasteiger partial charge in [0, 0.05) is 6.54 Å². The molecule has 0 aromatic rings. The number of rotatable bonds is 6. The summed E-state index contributed by atoms with van der Waals surface area (Å²) in [5.74, 6) is 0.430. The summed E-state index contributed by atoms with van der Waals surface area (Å²) in [6, 6.07) is 0. The van der Waals surface area contributed by atoms with Crippen LogP contribution >= 0.6 is 0 Å². The van der Waals surface area contributed by atoms with Gasteiger partial charge in [0.2, 0.25) is 0 Å². The lowest BCUT2D eigenvalue weighted by Gasteiger charge is -2.24. The molecule has 0 fully saturated rings. The Kier molecular flexibility index (Phi) is 5.88. The van der Waals surface area contributed by atoms with E-state index in [1.807, 2.05) is 32.8 Å². The van der Waals surface area contributed by atoms with Crippen LogP contribution in [0.1, 0.15) is 34.1 Å². The SMILES string of the molecule is CC(C)CC(C)(C)C(=O)OCCN(C)C. The monoisotopic (exact) mass is 215 g/mol. The highest BCUT2D eigenvalue weighted by Gasteiger charge is 2.29. The summed E-state index contributed by atoms with van der Waals surface area (Å²) in [6.07, 6.45) is 0.869. The molecule has 0 aliphatic carbocycles. The predicted molar refractivity (Wildman–Crippen MR) is 62.7 cm³/mol. The van der Waals surface area contributed by atoms with Crippen molar-refractivity contribution in [3.8, 4) is 0 Å². The third-order valence-corrected chi connectivity index (χ3v) is 2.24. The van der Waals surface area contributed by atoms with Crippen molar-refractivity contribution in [3.05, 3.63) is 0 Å². The Morgan fingerprint density at radius 2 is 1.87 bits per heavy atom. The van der Waals surface area contributed by atoms with E-state index in [2.05, 4.69) is 13.8 Å². The minimum atomic E-state index is -0.361. The second kappa shape index (κ2) is 6.11. The van der Waals surface area contributed by atoms with Crippen LogP contribution in [0.25, 0.3) is 0 Å². The summed E-state index contributed by atoms with van der Waals surface area (Å²) in [5, 5.41) is 0. The lowest BCUT2D eigenvalue weighted by atomic mass is 9.84. The molecule has 90 valence electrons. The molecule has 0 saturated carbocycles. The molecule has 15 heavy (non-hydrogen) atoms. The van der Waals surface area contributed by atoms with Gasteiger partial charge in [-0.05, 0) is 40.3 Å². The van der Waals surface area contributed by atoms with Crippen LogP contribution in [-0.2, 0) is 9.53 Å². The van der Waals surface area contributed by atoms with E-state index >= 15 is 0 Å². The molecule has 0 bridgehead atoms. The van der Waals surface area contributed by atoms with E-state index in [0.29, 0.717) is 12.5 Å². The molecule has 0 rings (SSSR count). The summed E-state index contributed by atoms with van der Waals surface area (Å²) >= 11 is 0. The van der Waals surface area contributed by atoms with E-state index in [1.54, 1.807) is 0 Å². The Morgan fingerprint density at radius 3 is 2.27 bits per heavy atom. The number of nitrogens with zero attached hydrogens (tertiary/aromatic N) is 1. The Morgan fingerprint density at radius 1 is 1.33 bits per heavy atom. The average molecular weight is 215 g/mol. The maximum atomic E-state index is 11.7. The van der Waals surface area contributed by atoms with E-state index in [-0.39, 0.29) is 11.4 Å². The second-order valence-electron chi connectivity index (χ2n) is 5.42. The van der Waals surface area contributed by atoms with Gasteiger partial charge in [-0.1, -0.05) is 13.8 Å². The van der Waals surface area contributed by atoms with Gasteiger partial charge in [-0.15, -0.1) is 0 Å². The number of hydrogen-bond acceptors (Lipinski definition) is 3. The van der Waals surface area contributed by atoms with Crippen LogP contribution in [-0.4, -0.2) is 38.1 Å². The number of carbonyl (C=O) groups excluding carboxylic acids is 1. The van der Waals surface area contributed by atoms with Crippen LogP contribution in [0, 0.1) is 11.3 Å². The predicted octanol–water partition coefficient (Wildman–Crippen LogP) is 2.16. The molecule has 3 heteroatoms. The highest BCUT2D eigenvalue weighted by molar-refractivity contribution is 5.75. The van der Waals surface area contributed by atoms with Gasteiger partial charge < -0.3 is 9.64 Å². The molecule has 3 nitrogen and oxygen atoms in total. The van der Waals surface area contributed by atoms with Gasteiger partial charge in [0.25, 0.3) is 0 Å². The summed E-state index contributed by atoms with van der Waals surface area (Å²) in [4.78, 5) is 13.7. The molecule has 0 saturated heterocycles. The minimum Gasteiger partial charge on any atom is -0.464 e. The Hall–Kier alpha value is -0.570. The maximum absolute atomic E-state index is 11.7. The summed E-state index contributed by atoms with van der Waals surface area (Å²) in [5.41, 5.74) is -0.361. The molecular formula is C12H25NO2. The molecule has 0 amide bonds. The molecule has 0 spiro atoms. The molecule has 0 aliphatic rings. The van der Waals surface area contributed by atoms with Crippen molar-refractivity contribution in [3.63, 3.8) is 0 Å². The van der Waals surface area contributed by atoms with E-state index < -0.39 is 0 Å². The Labute approximate surface area is 93.8 Å². The zero-order chi connectivity index (χ0) is 12.1. The molecule has 0 atom stereocenters. The van der Waals surface area contributed by atoms with Gasteiger partial charge >= 0.3 is 5.97 Å². The van der Waals surface area contributed by atoms with Crippen LogP contribution < -0.4 is 0 Å². The van der Waals surface area contributed by atoms with E-state index in [4.69, 9.17) is 4.74 Å². The van der Waals surface area contributed by atoms with Crippen LogP contribution in [0.5, 0.6) is 0 Å². The van der Waals surface area contributed by atoms with Crippen LogP contribution in [0.3, 0.4) is 0 Å². The largest absolute Gasteiger partial charge is 0.464 e. The standard InChI is InChI=1S/C12H25NO2/c1-10(2)9-12(3,4)11(14)15-8-7-13(5)6/h10H,7-9H2,1-6H3. The fraction of sp³-hybridized carbons (Fsp3) is 0.917. The van der Waals surface area contributed by atoms with Gasteiger partial charge in [-0.25, -0.2) is 0 Å². The van der Waals surface area contributed by atoms with E-state index in [0.717, 1.165) is 13.0 Å². The second-order valence-corrected chi connectivity index (χ2v) is 5.42. The Bertz CT molecular complexity index is 198. The van der Waals surface area contributed by atoms with Crippen molar-refractivity contribution < 1.29 is 9.53 Å². The molecule has 0 unspecified atom stereocenters. The van der Waals surface area contributed by atoms with E-state index in [1.165, 1.54) is 0 Å². The van der Waals surface area contributed by atoms with E-state index in [9.17, 15) is 4.79 Å². The lowest BCUT2D eigenvalue weighted by molar-refractivity contribution is -0.155. The average Bonchev–Trinajstić information content (AvgIpc) is 2.00. The lowest BCUT2D eigenvalue weighted by Crippen LogP contribution is -2.30. The fourth-order valence-electron chi connectivity index (χ4n) is 1.62. The minimum absolute atomic E-state index is 0.0851. The first-order valence-corrected chi connectivity index (χ1v) is 5.57. The van der Waals surface area contributed by atoms with Crippen LogP contribution in [0.2, 0.25) is 0 Å². The van der Waals surface area contributed by atoms with Crippen molar-refractivity contribution in [2.24, 2.45) is 11.3 Å². The van der Waals surface area contributed by atoms with Crippen molar-refractivity contribution in [2.45, 2.75) is 34.1 Å². The van der Waals surface area contributed by atoms with Crippen molar-refractivity contribution in [2.75, 3.05) is 27.2 Å². The first-order valence-electron chi connectivity index (χ1n) is 5.57. The van der Waals surface area contributed by atoms with Crippen molar-refractivity contribution in [1.29, 1.82) is 0 Å². The highest BCUT2D eigenvalue weighted by atomic mass is 16.5. The highest BCUT2D eigenvalue weighted by Crippen LogP contribution is 2.26. The molecule has 0 radical (unpaired) electrons. The molecule has 0 heterocycles. The maximum Gasteiger partial charge on any atom is 0.311 e. The van der Waals surface area contributed by atoms with Crippen molar-refractivity contribution >= 4 is 5.97 Å². The van der Waals surface area contributed by atoms with Gasteiger partial charge in [0.1, 0.15) is 6.61 Å². The molecular weight excluding hydrogens is 190 g/mol. The molecule has 0 aromatic heterocycles. The topological polar surface area (TPSA) is 29.5 Å². The molecule has 0 aromatic carbocycles. The van der Waals surface area contributed by atoms with Gasteiger partial charge in [-0.3, -0.25) is 4.79 Å². The smallest absolute Gasteiger partial charge is 0.311 e. The van der Waals surface area contributed by atoms with Gasteiger partial charge in [0.05, 0.1) is 5.41 Å². The van der Waals surface area contributed by atoms with Crippen molar-refractivity contribution in [1.82, 2.24) is 4.90 Å². The van der Waals surface area contributed by atoms with Crippen LogP contribution in [0.4, 0.5) is 0 Å². The first-order chi connectivity index (χ1) is 6.75. The molecule has 0 N–H and O–H groups in total. The third-order valence-electron chi connectivity index (χ3n) is 2.24. The number of esters is 1. The first kappa shape index (κ1) is 14.4.